The van der Waals surface area contributed by atoms with Crippen LogP contribution in [0.2, 0.25) is 0 Å². The van der Waals surface area contributed by atoms with Crippen molar-refractivity contribution in [2.24, 2.45) is 0 Å². The second kappa shape index (κ2) is 5.21. The summed E-state index contributed by atoms with van der Waals surface area (Å²) < 4.78 is 37.3. The normalized spacial score (nSPS) is 11.6. The summed E-state index contributed by atoms with van der Waals surface area (Å²) in [4.78, 5) is 0. The molecular formula is C11H14F3NO. The second-order valence-corrected chi connectivity index (χ2v) is 3.53. The maximum absolute atomic E-state index is 12.4. The van der Waals surface area contributed by atoms with Gasteiger partial charge in [0.2, 0.25) is 0 Å². The van der Waals surface area contributed by atoms with Gasteiger partial charge in [0.15, 0.2) is 0 Å². The van der Waals surface area contributed by atoms with Crippen molar-refractivity contribution in [3.63, 3.8) is 0 Å². The summed E-state index contributed by atoms with van der Waals surface area (Å²) in [6.07, 6.45) is -3.81. The zero-order valence-electron chi connectivity index (χ0n) is 8.93. The van der Waals surface area contributed by atoms with Crippen LogP contribution in [0.3, 0.4) is 0 Å². The highest BCUT2D eigenvalue weighted by atomic mass is 19.4. The zero-order chi connectivity index (χ0) is 12.2. The smallest absolute Gasteiger partial charge is 0.396 e. The Kier molecular flexibility index (Phi) is 4.18. The van der Waals surface area contributed by atoms with Gasteiger partial charge < -0.3 is 10.4 Å². The Hall–Kier alpha value is -1.23. The number of alkyl halides is 3. The van der Waals surface area contributed by atoms with Crippen LogP contribution in [-0.2, 0) is 6.18 Å². The molecule has 0 aromatic heterocycles. The van der Waals surface area contributed by atoms with Crippen LogP contribution in [0.25, 0.3) is 0 Å². The minimum atomic E-state index is -4.32. The summed E-state index contributed by atoms with van der Waals surface area (Å²) in [6, 6.07) is 3.59. The molecule has 0 fully saturated rings. The molecule has 0 saturated heterocycles. The number of nitrogens with one attached hydrogen (secondary N) is 1. The van der Waals surface area contributed by atoms with E-state index < -0.39 is 11.7 Å². The summed E-state index contributed by atoms with van der Waals surface area (Å²) in [5.41, 5.74) is 0.554. The van der Waals surface area contributed by atoms with Crippen molar-refractivity contribution in [1.82, 2.24) is 0 Å². The number of aliphatic hydroxyl groups excluding tert-OH is 1. The van der Waals surface area contributed by atoms with Crippen LogP contribution >= 0.6 is 0 Å². The number of hydrogen-bond acceptors (Lipinski definition) is 2. The molecule has 1 aromatic rings. The van der Waals surface area contributed by atoms with E-state index in [4.69, 9.17) is 5.11 Å². The standard InChI is InChI=1S/C11H14F3NO/c1-8-3-4-9(11(12,13)14)7-10(8)15-5-2-6-16/h3-4,7,15-16H,2,5-6H2,1H3. The number of aliphatic hydroxyl groups is 1. The number of hydrogen-bond donors (Lipinski definition) is 2. The Balaban J connectivity index is 2.83. The number of halogens is 3. The molecule has 0 saturated carbocycles. The van der Waals surface area contributed by atoms with Gasteiger partial charge in [0.25, 0.3) is 0 Å². The monoisotopic (exact) mass is 233 g/mol. The van der Waals surface area contributed by atoms with Gasteiger partial charge in [-0.15, -0.1) is 0 Å². The first-order chi connectivity index (χ1) is 7.45. The lowest BCUT2D eigenvalue weighted by molar-refractivity contribution is -0.137. The molecular weight excluding hydrogens is 219 g/mol. The summed E-state index contributed by atoms with van der Waals surface area (Å²) in [5.74, 6) is 0. The molecule has 1 aromatic carbocycles. The van der Waals surface area contributed by atoms with Gasteiger partial charge in [-0.1, -0.05) is 6.07 Å². The van der Waals surface area contributed by atoms with Crippen LogP contribution < -0.4 is 5.32 Å². The average Bonchev–Trinajstić information content (AvgIpc) is 2.19. The predicted octanol–water partition coefficient (Wildman–Crippen LogP) is 2.81. The van der Waals surface area contributed by atoms with Crippen molar-refractivity contribution >= 4 is 5.69 Å². The largest absolute Gasteiger partial charge is 0.416 e. The molecule has 0 aliphatic rings. The Morgan fingerprint density at radius 2 is 2.00 bits per heavy atom. The molecule has 0 aliphatic heterocycles. The molecule has 2 N–H and O–H groups in total. The minimum Gasteiger partial charge on any atom is -0.396 e. The first-order valence-corrected chi connectivity index (χ1v) is 4.97. The molecule has 0 heterocycles. The summed E-state index contributed by atoms with van der Waals surface area (Å²) in [7, 11) is 0. The fourth-order valence-corrected chi connectivity index (χ4v) is 1.29. The predicted molar refractivity (Wildman–Crippen MR) is 56.4 cm³/mol. The van der Waals surface area contributed by atoms with E-state index in [1.54, 1.807) is 6.92 Å². The molecule has 2 nitrogen and oxygen atoms in total. The zero-order valence-corrected chi connectivity index (χ0v) is 8.93. The molecule has 0 unspecified atom stereocenters. The SMILES string of the molecule is Cc1ccc(C(F)(F)F)cc1NCCCO. The van der Waals surface area contributed by atoms with Gasteiger partial charge in [-0.05, 0) is 31.0 Å². The maximum atomic E-state index is 12.4. The van der Waals surface area contributed by atoms with E-state index in [0.717, 1.165) is 17.7 Å². The van der Waals surface area contributed by atoms with Gasteiger partial charge in [0.1, 0.15) is 0 Å². The van der Waals surface area contributed by atoms with Crippen molar-refractivity contribution in [3.05, 3.63) is 29.3 Å². The van der Waals surface area contributed by atoms with Crippen molar-refractivity contribution < 1.29 is 18.3 Å². The second-order valence-electron chi connectivity index (χ2n) is 3.53. The van der Waals surface area contributed by atoms with Crippen LogP contribution in [0.5, 0.6) is 0 Å². The highest BCUT2D eigenvalue weighted by Crippen LogP contribution is 2.31. The van der Waals surface area contributed by atoms with Crippen LogP contribution in [0, 0.1) is 6.92 Å². The van der Waals surface area contributed by atoms with Crippen molar-refractivity contribution in [2.75, 3.05) is 18.5 Å². The van der Waals surface area contributed by atoms with E-state index >= 15 is 0 Å². The minimum absolute atomic E-state index is 0.0189. The van der Waals surface area contributed by atoms with Gasteiger partial charge >= 0.3 is 6.18 Å². The molecule has 0 aliphatic carbocycles. The van der Waals surface area contributed by atoms with E-state index in [-0.39, 0.29) is 6.61 Å². The van der Waals surface area contributed by atoms with E-state index in [1.165, 1.54) is 6.07 Å². The third-order valence-corrected chi connectivity index (χ3v) is 2.22. The van der Waals surface area contributed by atoms with Crippen LogP contribution in [0.1, 0.15) is 17.5 Å². The fourth-order valence-electron chi connectivity index (χ4n) is 1.29. The van der Waals surface area contributed by atoms with Gasteiger partial charge in [-0.2, -0.15) is 13.2 Å². The quantitative estimate of drug-likeness (QED) is 0.784. The molecule has 0 radical (unpaired) electrons. The summed E-state index contributed by atoms with van der Waals surface area (Å²) in [6.45, 7) is 2.21. The fraction of sp³-hybridized carbons (Fsp3) is 0.455. The summed E-state index contributed by atoms with van der Waals surface area (Å²) >= 11 is 0. The molecule has 5 heteroatoms. The first-order valence-electron chi connectivity index (χ1n) is 4.97. The van der Waals surface area contributed by atoms with E-state index in [0.29, 0.717) is 18.7 Å². The van der Waals surface area contributed by atoms with E-state index in [9.17, 15) is 13.2 Å². The average molecular weight is 233 g/mol. The highest BCUT2D eigenvalue weighted by molar-refractivity contribution is 5.53. The third kappa shape index (κ3) is 3.41. The van der Waals surface area contributed by atoms with Gasteiger partial charge in [-0.3, -0.25) is 0 Å². The lowest BCUT2D eigenvalue weighted by Gasteiger charge is -2.12. The van der Waals surface area contributed by atoms with E-state index in [2.05, 4.69) is 5.32 Å². The van der Waals surface area contributed by atoms with Crippen LogP contribution in [0.15, 0.2) is 18.2 Å². The molecule has 0 atom stereocenters. The third-order valence-electron chi connectivity index (χ3n) is 2.22. The van der Waals surface area contributed by atoms with Crippen molar-refractivity contribution in [3.8, 4) is 0 Å². The summed E-state index contributed by atoms with van der Waals surface area (Å²) in [5, 5.41) is 11.4. The molecule has 16 heavy (non-hydrogen) atoms. The number of anilines is 1. The molecule has 0 amide bonds. The molecule has 0 bridgehead atoms. The first kappa shape index (κ1) is 12.8. The highest BCUT2D eigenvalue weighted by Gasteiger charge is 2.30. The van der Waals surface area contributed by atoms with Gasteiger partial charge in [0, 0.05) is 18.8 Å². The van der Waals surface area contributed by atoms with Crippen molar-refractivity contribution in [1.29, 1.82) is 0 Å². The van der Waals surface area contributed by atoms with E-state index in [1.807, 2.05) is 0 Å². The topological polar surface area (TPSA) is 32.3 Å². The Labute approximate surface area is 92.1 Å². The number of aryl methyl sites for hydroxylation is 1. The van der Waals surface area contributed by atoms with Gasteiger partial charge in [0.05, 0.1) is 5.56 Å². The number of rotatable bonds is 4. The lowest BCUT2D eigenvalue weighted by Crippen LogP contribution is -2.09. The Morgan fingerprint density at radius 1 is 1.31 bits per heavy atom. The lowest BCUT2D eigenvalue weighted by atomic mass is 10.1. The Morgan fingerprint density at radius 3 is 2.56 bits per heavy atom. The molecule has 1 rings (SSSR count). The molecule has 0 spiro atoms. The van der Waals surface area contributed by atoms with Crippen LogP contribution in [0.4, 0.5) is 18.9 Å². The van der Waals surface area contributed by atoms with Crippen molar-refractivity contribution in [2.45, 2.75) is 19.5 Å². The van der Waals surface area contributed by atoms with Gasteiger partial charge in [-0.25, -0.2) is 0 Å². The maximum Gasteiger partial charge on any atom is 0.416 e. The number of benzene rings is 1. The van der Waals surface area contributed by atoms with Crippen LogP contribution in [-0.4, -0.2) is 18.3 Å². The molecule has 90 valence electrons. The Bertz CT molecular complexity index is 350.